The second-order valence-corrected chi connectivity index (χ2v) is 7.37. The molecule has 9 nitrogen and oxygen atoms in total. The number of anilines is 2. The molecule has 1 aromatic carbocycles. The van der Waals surface area contributed by atoms with Gasteiger partial charge in [-0.1, -0.05) is 19.0 Å². The lowest BCUT2D eigenvalue weighted by Gasteiger charge is -2.10. The Morgan fingerprint density at radius 2 is 1.97 bits per heavy atom. The first kappa shape index (κ1) is 21.0. The topological polar surface area (TPSA) is 107 Å². The summed E-state index contributed by atoms with van der Waals surface area (Å²) in [5.74, 6) is 1.12. The Labute approximate surface area is 183 Å². The molecule has 0 radical (unpaired) electrons. The number of hydrogen-bond donors (Lipinski definition) is 2. The van der Waals surface area contributed by atoms with E-state index in [1.54, 1.807) is 41.3 Å². The summed E-state index contributed by atoms with van der Waals surface area (Å²) in [6.45, 7) is 3.88. The number of carbonyl (C=O) groups excluding carboxylic acids is 1. The number of nitrogens with one attached hydrogen (secondary N) is 2. The van der Waals surface area contributed by atoms with E-state index in [1.807, 2.05) is 27.1 Å². The molecule has 2 N–H and O–H groups in total. The number of benzene rings is 1. The molecule has 0 aliphatic carbocycles. The van der Waals surface area contributed by atoms with Crippen LogP contribution in [0.2, 0.25) is 0 Å². The third kappa shape index (κ3) is 4.91. The second kappa shape index (κ2) is 8.88. The van der Waals surface area contributed by atoms with Crippen LogP contribution in [-0.4, -0.2) is 26.0 Å². The molecule has 3 heterocycles. The average molecular weight is 436 g/mol. The zero-order chi connectivity index (χ0) is 22.7. The summed E-state index contributed by atoms with van der Waals surface area (Å²) in [4.78, 5) is 16.4. The van der Waals surface area contributed by atoms with Gasteiger partial charge in [0.05, 0.1) is 17.6 Å². The van der Waals surface area contributed by atoms with Crippen LogP contribution in [0.15, 0.2) is 59.5 Å². The van der Waals surface area contributed by atoms with Crippen molar-refractivity contribution in [3.05, 3.63) is 66.6 Å². The van der Waals surface area contributed by atoms with Gasteiger partial charge in [0.15, 0.2) is 5.82 Å². The largest absolute Gasteiger partial charge is 0.457 e. The molecule has 4 aromatic rings. The number of urea groups is 1. The molecule has 0 atom stereocenters. The van der Waals surface area contributed by atoms with Crippen molar-refractivity contribution in [1.29, 1.82) is 0 Å². The van der Waals surface area contributed by atoms with E-state index in [0.717, 1.165) is 5.56 Å². The summed E-state index contributed by atoms with van der Waals surface area (Å²) < 4.78 is 27.1. The van der Waals surface area contributed by atoms with Crippen LogP contribution in [0.1, 0.15) is 25.5 Å². The smallest absolute Gasteiger partial charge is 0.325 e. The SMILES string of the molecule is CC(C)c1cc(NC(=O)Nc2ccc(Oc3ccnc(-c4cnn(C)c4)c3)cc2F)no1. The number of aryl methyl sites for hydroxylation is 1. The lowest BCUT2D eigenvalue weighted by atomic mass is 10.2. The van der Waals surface area contributed by atoms with Crippen LogP contribution in [-0.2, 0) is 7.05 Å². The number of pyridine rings is 1. The van der Waals surface area contributed by atoms with E-state index in [2.05, 4.69) is 25.9 Å². The van der Waals surface area contributed by atoms with Crippen LogP contribution < -0.4 is 15.4 Å². The highest BCUT2D eigenvalue weighted by Gasteiger charge is 2.13. The monoisotopic (exact) mass is 436 g/mol. The van der Waals surface area contributed by atoms with Crippen molar-refractivity contribution in [3.63, 3.8) is 0 Å². The van der Waals surface area contributed by atoms with Gasteiger partial charge in [-0.15, -0.1) is 0 Å². The van der Waals surface area contributed by atoms with E-state index >= 15 is 0 Å². The first-order valence-electron chi connectivity index (χ1n) is 9.84. The number of carbonyl (C=O) groups is 1. The van der Waals surface area contributed by atoms with Crippen molar-refractivity contribution in [2.75, 3.05) is 10.6 Å². The van der Waals surface area contributed by atoms with Gasteiger partial charge >= 0.3 is 6.03 Å². The highest BCUT2D eigenvalue weighted by atomic mass is 19.1. The fraction of sp³-hybridized carbons (Fsp3) is 0.182. The molecule has 0 aliphatic rings. The number of amides is 2. The van der Waals surface area contributed by atoms with Crippen LogP contribution in [0, 0.1) is 5.82 Å². The Morgan fingerprint density at radius 1 is 1.16 bits per heavy atom. The van der Waals surface area contributed by atoms with Crippen molar-refractivity contribution < 1.29 is 18.4 Å². The van der Waals surface area contributed by atoms with Gasteiger partial charge in [0.2, 0.25) is 0 Å². The molecule has 32 heavy (non-hydrogen) atoms. The Balaban J connectivity index is 1.41. The van der Waals surface area contributed by atoms with Crippen molar-refractivity contribution in [2.24, 2.45) is 7.05 Å². The molecule has 0 spiro atoms. The van der Waals surface area contributed by atoms with Gasteiger partial charge in [-0.2, -0.15) is 5.10 Å². The zero-order valence-corrected chi connectivity index (χ0v) is 17.7. The summed E-state index contributed by atoms with van der Waals surface area (Å²) >= 11 is 0. The first-order valence-corrected chi connectivity index (χ1v) is 9.84. The van der Waals surface area contributed by atoms with Crippen molar-refractivity contribution in [2.45, 2.75) is 19.8 Å². The van der Waals surface area contributed by atoms with E-state index in [0.29, 0.717) is 17.2 Å². The quantitative estimate of drug-likeness (QED) is 0.432. The van der Waals surface area contributed by atoms with E-state index in [1.165, 1.54) is 12.1 Å². The maximum atomic E-state index is 14.5. The molecule has 0 saturated carbocycles. The Morgan fingerprint density at radius 3 is 2.66 bits per heavy atom. The second-order valence-electron chi connectivity index (χ2n) is 7.37. The zero-order valence-electron chi connectivity index (χ0n) is 17.7. The maximum Gasteiger partial charge on any atom is 0.325 e. The minimum atomic E-state index is -0.651. The Hall–Kier alpha value is -4.21. The summed E-state index contributed by atoms with van der Waals surface area (Å²) in [5.41, 5.74) is 1.51. The van der Waals surface area contributed by atoms with Crippen LogP contribution in [0.5, 0.6) is 11.5 Å². The van der Waals surface area contributed by atoms with Crippen LogP contribution >= 0.6 is 0 Å². The molecule has 2 amide bonds. The van der Waals surface area contributed by atoms with Crippen molar-refractivity contribution in [1.82, 2.24) is 19.9 Å². The molecule has 0 saturated heterocycles. The van der Waals surface area contributed by atoms with Gasteiger partial charge in [0.25, 0.3) is 0 Å². The van der Waals surface area contributed by atoms with Crippen molar-refractivity contribution in [3.8, 4) is 22.8 Å². The van der Waals surface area contributed by atoms with Crippen molar-refractivity contribution >= 4 is 17.5 Å². The highest BCUT2D eigenvalue weighted by Crippen LogP contribution is 2.28. The minimum Gasteiger partial charge on any atom is -0.457 e. The third-order valence-electron chi connectivity index (χ3n) is 4.50. The molecule has 0 bridgehead atoms. The molecule has 10 heteroatoms. The molecule has 0 unspecified atom stereocenters. The number of ether oxygens (including phenoxy) is 1. The van der Waals surface area contributed by atoms with Crippen LogP contribution in [0.4, 0.5) is 20.7 Å². The van der Waals surface area contributed by atoms with Gasteiger partial charge in [0.1, 0.15) is 23.1 Å². The number of rotatable bonds is 6. The lowest BCUT2D eigenvalue weighted by Crippen LogP contribution is -2.20. The predicted molar refractivity (Wildman–Crippen MR) is 116 cm³/mol. The standard InChI is InChI=1S/C22H21FN6O3/c1-13(2)20-10-21(28-32-20)27-22(30)26-18-5-4-15(8-17(18)23)31-16-6-7-24-19(9-16)14-11-25-29(3)12-14/h4-13H,1-3H3,(H2,26,27,28,30). The van der Waals surface area contributed by atoms with Gasteiger partial charge in [-0.3, -0.25) is 15.0 Å². The Bertz CT molecular complexity index is 1250. The fourth-order valence-corrected chi connectivity index (χ4v) is 2.87. The average Bonchev–Trinajstić information content (AvgIpc) is 3.39. The van der Waals surface area contributed by atoms with Crippen LogP contribution in [0.3, 0.4) is 0 Å². The van der Waals surface area contributed by atoms with Crippen LogP contribution in [0.25, 0.3) is 11.3 Å². The summed E-state index contributed by atoms with van der Waals surface area (Å²) in [6, 6.07) is 8.53. The van der Waals surface area contributed by atoms with E-state index in [9.17, 15) is 9.18 Å². The van der Waals surface area contributed by atoms with Gasteiger partial charge < -0.3 is 14.6 Å². The number of aromatic nitrogens is 4. The Kier molecular flexibility index (Phi) is 5.84. The first-order chi connectivity index (χ1) is 15.4. The van der Waals surface area contributed by atoms with E-state index in [-0.39, 0.29) is 23.2 Å². The van der Waals surface area contributed by atoms with Gasteiger partial charge in [-0.25, -0.2) is 9.18 Å². The number of halogens is 1. The summed E-state index contributed by atoms with van der Waals surface area (Å²) in [6.07, 6.45) is 5.13. The minimum absolute atomic E-state index is 0.00629. The van der Waals surface area contributed by atoms with E-state index < -0.39 is 11.8 Å². The molecule has 164 valence electrons. The summed E-state index contributed by atoms with van der Waals surface area (Å²) in [7, 11) is 1.82. The predicted octanol–water partition coefficient (Wildman–Crippen LogP) is 5.17. The van der Waals surface area contributed by atoms with Gasteiger partial charge in [-0.05, 0) is 18.2 Å². The summed E-state index contributed by atoms with van der Waals surface area (Å²) in [5, 5.41) is 12.8. The molecular weight excluding hydrogens is 415 g/mol. The maximum absolute atomic E-state index is 14.5. The molecule has 3 aromatic heterocycles. The molecular formula is C22H21FN6O3. The molecule has 0 fully saturated rings. The fourth-order valence-electron chi connectivity index (χ4n) is 2.87. The number of nitrogens with zero attached hydrogens (tertiary/aromatic N) is 4. The molecule has 0 aliphatic heterocycles. The normalized spacial score (nSPS) is 10.9. The highest BCUT2D eigenvalue weighted by molar-refractivity contribution is 5.99. The number of hydrogen-bond acceptors (Lipinski definition) is 6. The third-order valence-corrected chi connectivity index (χ3v) is 4.50. The van der Waals surface area contributed by atoms with Gasteiger partial charge in [0, 0.05) is 49.1 Å². The van der Waals surface area contributed by atoms with E-state index in [4.69, 9.17) is 9.26 Å². The molecule has 4 rings (SSSR count). The lowest BCUT2D eigenvalue weighted by molar-refractivity contribution is 0.261.